The van der Waals surface area contributed by atoms with Crippen molar-refractivity contribution in [2.75, 3.05) is 33.7 Å². The molecule has 0 aliphatic heterocycles. The van der Waals surface area contributed by atoms with Gasteiger partial charge in [-0.05, 0) is 32.9 Å². The van der Waals surface area contributed by atoms with Gasteiger partial charge >= 0.3 is 5.97 Å². The van der Waals surface area contributed by atoms with Crippen molar-refractivity contribution in [3.63, 3.8) is 0 Å². The fourth-order valence-corrected chi connectivity index (χ4v) is 2.95. The summed E-state index contributed by atoms with van der Waals surface area (Å²) in [4.78, 5) is 26.5. The predicted octanol–water partition coefficient (Wildman–Crippen LogP) is 2.21. The van der Waals surface area contributed by atoms with Crippen LogP contribution in [0, 0.1) is 5.92 Å². The molecule has 122 valence electrons. The maximum Gasteiger partial charge on any atom is 0.323 e. The van der Waals surface area contributed by atoms with Gasteiger partial charge < -0.3 is 14.9 Å². The maximum atomic E-state index is 12.2. The molecule has 5 heteroatoms. The van der Waals surface area contributed by atoms with E-state index in [4.69, 9.17) is 5.11 Å². The second-order valence-corrected chi connectivity index (χ2v) is 6.41. The average molecular weight is 298 g/mol. The largest absolute Gasteiger partial charge is 0.480 e. The average Bonchev–Trinajstić information content (AvgIpc) is 2.44. The Morgan fingerprint density at radius 1 is 1.10 bits per heavy atom. The summed E-state index contributed by atoms with van der Waals surface area (Å²) in [5.74, 6) is -0.175. The van der Waals surface area contributed by atoms with Crippen molar-refractivity contribution in [3.05, 3.63) is 0 Å². The summed E-state index contributed by atoms with van der Waals surface area (Å²) in [7, 11) is 3.85. The van der Waals surface area contributed by atoms with E-state index in [0.29, 0.717) is 19.5 Å². The van der Waals surface area contributed by atoms with Gasteiger partial charge in [0.2, 0.25) is 5.91 Å². The molecule has 0 aromatic carbocycles. The number of likely N-dealkylation sites (N-methyl/N-ethyl adjacent to an activating group) is 1. The molecule has 0 saturated heterocycles. The Morgan fingerprint density at radius 2 is 1.76 bits per heavy atom. The number of nitrogens with zero attached hydrogens (tertiary/aromatic N) is 2. The minimum absolute atomic E-state index is 0.0185. The molecule has 0 heterocycles. The molecule has 0 unspecified atom stereocenters. The first kappa shape index (κ1) is 18.0. The van der Waals surface area contributed by atoms with Gasteiger partial charge in [0, 0.05) is 19.5 Å². The van der Waals surface area contributed by atoms with E-state index in [9.17, 15) is 9.59 Å². The quantitative estimate of drug-likeness (QED) is 0.709. The van der Waals surface area contributed by atoms with Gasteiger partial charge in [-0.15, -0.1) is 0 Å². The van der Waals surface area contributed by atoms with Gasteiger partial charge in [-0.3, -0.25) is 9.59 Å². The number of amides is 1. The molecule has 0 atom stereocenters. The predicted molar refractivity (Wildman–Crippen MR) is 83.2 cm³/mol. The van der Waals surface area contributed by atoms with Gasteiger partial charge in [-0.25, -0.2) is 0 Å². The third kappa shape index (κ3) is 8.05. The second kappa shape index (κ2) is 9.77. The third-order valence-electron chi connectivity index (χ3n) is 4.22. The zero-order valence-electron chi connectivity index (χ0n) is 13.5. The highest BCUT2D eigenvalue weighted by molar-refractivity contribution is 5.81. The summed E-state index contributed by atoms with van der Waals surface area (Å²) in [5.41, 5.74) is 0. The van der Waals surface area contributed by atoms with Crippen LogP contribution in [0.4, 0.5) is 0 Å². The van der Waals surface area contributed by atoms with Gasteiger partial charge in [-0.2, -0.15) is 0 Å². The molecule has 1 aliphatic rings. The van der Waals surface area contributed by atoms with E-state index >= 15 is 0 Å². The summed E-state index contributed by atoms with van der Waals surface area (Å²) < 4.78 is 0. The first-order valence-electron chi connectivity index (χ1n) is 8.13. The van der Waals surface area contributed by atoms with Crippen molar-refractivity contribution in [2.24, 2.45) is 5.92 Å². The van der Waals surface area contributed by atoms with Crippen LogP contribution in [0.15, 0.2) is 0 Å². The molecule has 1 amide bonds. The molecular weight excluding hydrogens is 268 g/mol. The summed E-state index contributed by atoms with van der Waals surface area (Å²) in [5, 5.41) is 8.92. The highest BCUT2D eigenvalue weighted by Gasteiger charge is 2.18. The molecular formula is C16H30N2O3. The second-order valence-electron chi connectivity index (χ2n) is 6.41. The van der Waals surface area contributed by atoms with Crippen LogP contribution in [-0.4, -0.2) is 60.5 Å². The Labute approximate surface area is 128 Å². The molecule has 1 fully saturated rings. The van der Waals surface area contributed by atoms with E-state index in [-0.39, 0.29) is 12.5 Å². The van der Waals surface area contributed by atoms with Gasteiger partial charge in [0.25, 0.3) is 0 Å². The zero-order chi connectivity index (χ0) is 15.7. The van der Waals surface area contributed by atoms with Crippen molar-refractivity contribution >= 4 is 11.9 Å². The summed E-state index contributed by atoms with van der Waals surface area (Å²) in [6, 6.07) is 0. The number of carboxylic acids is 1. The van der Waals surface area contributed by atoms with Crippen LogP contribution in [0.25, 0.3) is 0 Å². The van der Waals surface area contributed by atoms with Crippen LogP contribution in [0.5, 0.6) is 0 Å². The zero-order valence-corrected chi connectivity index (χ0v) is 13.5. The Kier molecular flexibility index (Phi) is 8.35. The van der Waals surface area contributed by atoms with Gasteiger partial charge in [0.15, 0.2) is 0 Å². The molecule has 21 heavy (non-hydrogen) atoms. The van der Waals surface area contributed by atoms with Crippen molar-refractivity contribution in [2.45, 2.75) is 51.4 Å². The van der Waals surface area contributed by atoms with Gasteiger partial charge in [0.05, 0.1) is 0 Å². The topological polar surface area (TPSA) is 60.9 Å². The van der Waals surface area contributed by atoms with Crippen molar-refractivity contribution < 1.29 is 14.7 Å². The van der Waals surface area contributed by atoms with Gasteiger partial charge in [-0.1, -0.05) is 32.1 Å². The lowest BCUT2D eigenvalue weighted by molar-refractivity contribution is -0.144. The maximum absolute atomic E-state index is 12.2. The van der Waals surface area contributed by atoms with Crippen molar-refractivity contribution in [3.8, 4) is 0 Å². The van der Waals surface area contributed by atoms with Crippen LogP contribution in [0.1, 0.15) is 51.4 Å². The van der Waals surface area contributed by atoms with Crippen LogP contribution < -0.4 is 0 Å². The Bertz CT molecular complexity index is 325. The number of aliphatic carboxylic acids is 1. The van der Waals surface area contributed by atoms with E-state index in [1.54, 1.807) is 0 Å². The van der Waals surface area contributed by atoms with Crippen molar-refractivity contribution in [1.82, 2.24) is 9.80 Å². The van der Waals surface area contributed by atoms with Crippen LogP contribution in [-0.2, 0) is 9.59 Å². The Hall–Kier alpha value is -1.10. The number of hydrogen-bond donors (Lipinski definition) is 1. The molecule has 1 rings (SSSR count). The number of rotatable bonds is 9. The highest BCUT2D eigenvalue weighted by atomic mass is 16.4. The first-order valence-corrected chi connectivity index (χ1v) is 8.13. The first-order chi connectivity index (χ1) is 9.99. The van der Waals surface area contributed by atoms with E-state index < -0.39 is 5.97 Å². The Morgan fingerprint density at radius 3 is 2.33 bits per heavy atom. The molecule has 1 saturated carbocycles. The lowest BCUT2D eigenvalue weighted by atomic mass is 9.86. The minimum atomic E-state index is -0.936. The molecule has 0 aromatic heterocycles. The lowest BCUT2D eigenvalue weighted by Gasteiger charge is -2.24. The molecule has 0 aromatic rings. The van der Waals surface area contributed by atoms with E-state index in [0.717, 1.165) is 18.8 Å². The number of carbonyl (C=O) groups is 2. The van der Waals surface area contributed by atoms with E-state index in [1.165, 1.54) is 37.0 Å². The molecule has 1 aliphatic carbocycles. The van der Waals surface area contributed by atoms with Crippen LogP contribution >= 0.6 is 0 Å². The standard InChI is InChI=1S/C16H30N2O3/c1-17(2)11-12-18(13-16(20)21)15(19)10-6-9-14-7-4-3-5-8-14/h14H,3-13H2,1-2H3,(H,20,21). The molecule has 0 bridgehead atoms. The molecule has 0 spiro atoms. The number of hydrogen-bond acceptors (Lipinski definition) is 3. The molecule has 5 nitrogen and oxygen atoms in total. The Balaban J connectivity index is 2.30. The fourth-order valence-electron chi connectivity index (χ4n) is 2.95. The van der Waals surface area contributed by atoms with Crippen LogP contribution in [0.3, 0.4) is 0 Å². The number of carboxylic acid groups (broad SMARTS) is 1. The van der Waals surface area contributed by atoms with Crippen molar-refractivity contribution in [1.29, 1.82) is 0 Å². The third-order valence-corrected chi connectivity index (χ3v) is 4.22. The van der Waals surface area contributed by atoms with Gasteiger partial charge in [0.1, 0.15) is 6.54 Å². The summed E-state index contributed by atoms with van der Waals surface area (Å²) in [6.45, 7) is 0.999. The van der Waals surface area contributed by atoms with E-state index in [2.05, 4.69) is 0 Å². The molecule has 0 radical (unpaired) electrons. The minimum Gasteiger partial charge on any atom is -0.480 e. The number of carbonyl (C=O) groups excluding carboxylic acids is 1. The monoisotopic (exact) mass is 298 g/mol. The SMILES string of the molecule is CN(C)CCN(CC(=O)O)C(=O)CCCC1CCCCC1. The molecule has 1 N–H and O–H groups in total. The normalized spacial score (nSPS) is 16.1. The van der Waals surface area contributed by atoms with Crippen LogP contribution in [0.2, 0.25) is 0 Å². The highest BCUT2D eigenvalue weighted by Crippen LogP contribution is 2.27. The van der Waals surface area contributed by atoms with E-state index in [1.807, 2.05) is 19.0 Å². The summed E-state index contributed by atoms with van der Waals surface area (Å²) >= 11 is 0. The lowest BCUT2D eigenvalue weighted by Crippen LogP contribution is -2.39. The smallest absolute Gasteiger partial charge is 0.323 e. The summed E-state index contributed by atoms with van der Waals surface area (Å²) in [6.07, 6.45) is 9.09. The fraction of sp³-hybridized carbons (Fsp3) is 0.875.